The minimum Gasteiger partial charge on any atom is -0.480 e. The summed E-state index contributed by atoms with van der Waals surface area (Å²) in [6.07, 6.45) is 0. The van der Waals surface area contributed by atoms with Gasteiger partial charge in [0, 0.05) is 11.8 Å². The normalized spacial score (nSPS) is 9.42. The van der Waals surface area contributed by atoms with Crippen molar-refractivity contribution in [1.29, 1.82) is 0 Å². The molecule has 0 saturated carbocycles. The van der Waals surface area contributed by atoms with Crippen molar-refractivity contribution in [2.45, 2.75) is 0 Å². The van der Waals surface area contributed by atoms with Crippen LogP contribution in [0.1, 0.15) is 0 Å². The molecule has 0 bridgehead atoms. The van der Waals surface area contributed by atoms with Gasteiger partial charge in [-0.1, -0.05) is 18.2 Å². The zero-order chi connectivity index (χ0) is 8.97. The number of carboxylic acid groups (broad SMARTS) is 1. The summed E-state index contributed by atoms with van der Waals surface area (Å²) in [6.45, 7) is -0.203. The molecule has 0 amide bonds. The molecule has 1 N–H and O–H groups in total. The molecule has 0 radical (unpaired) electrons. The Hall–Kier alpha value is -1.22. The fraction of sp³-hybridized carbons (Fsp3) is 0.125. The maximum absolute atomic E-state index is 10.3. The molecule has 0 aliphatic heterocycles. The van der Waals surface area contributed by atoms with Crippen molar-refractivity contribution in [3.63, 3.8) is 0 Å². The summed E-state index contributed by atoms with van der Waals surface area (Å²) in [4.78, 5) is 10.3. The topological polar surface area (TPSA) is 40.5 Å². The Morgan fingerprint density at radius 1 is 1.42 bits per heavy atom. The van der Waals surface area contributed by atoms with Gasteiger partial charge in [-0.05, 0) is 12.1 Å². The first-order valence-electron chi connectivity index (χ1n) is 3.40. The van der Waals surface area contributed by atoms with Crippen LogP contribution in [0.5, 0.6) is 0 Å². The first kappa shape index (κ1) is 8.87. The van der Waals surface area contributed by atoms with Crippen LogP contribution in [-0.2, 0) is 4.79 Å². The van der Waals surface area contributed by atoms with Crippen molar-refractivity contribution in [2.24, 2.45) is 0 Å². The number of hydrogen-bond acceptors (Lipinski definition) is 2. The van der Waals surface area contributed by atoms with E-state index in [0.29, 0.717) is 5.69 Å². The third kappa shape index (κ3) is 2.43. The number of anilines is 1. The fourth-order valence-corrected chi connectivity index (χ4v) is 1.01. The van der Waals surface area contributed by atoms with Gasteiger partial charge >= 0.3 is 5.97 Å². The number of aliphatic carboxylic acids is 1. The lowest BCUT2D eigenvalue weighted by atomic mass is 10.3. The Kier molecular flexibility index (Phi) is 2.94. The summed E-state index contributed by atoms with van der Waals surface area (Å²) in [5.41, 5.74) is 0.682. The minimum atomic E-state index is -0.950. The van der Waals surface area contributed by atoms with E-state index in [4.69, 9.17) is 16.9 Å². The quantitative estimate of drug-likeness (QED) is 0.730. The molecule has 0 aliphatic carbocycles. The first-order valence-corrected chi connectivity index (χ1v) is 3.74. The SMILES string of the molecule is O=C(O)CN(Cl)c1ccccc1. The molecule has 64 valence electrons. The highest BCUT2D eigenvalue weighted by Crippen LogP contribution is 2.14. The molecule has 0 atom stereocenters. The van der Waals surface area contributed by atoms with Gasteiger partial charge in [0.2, 0.25) is 0 Å². The van der Waals surface area contributed by atoms with Crippen molar-refractivity contribution in [1.82, 2.24) is 0 Å². The van der Waals surface area contributed by atoms with Crippen molar-refractivity contribution in [3.8, 4) is 0 Å². The van der Waals surface area contributed by atoms with Crippen LogP contribution < -0.4 is 4.42 Å². The van der Waals surface area contributed by atoms with E-state index in [1.807, 2.05) is 6.07 Å². The predicted octanol–water partition coefficient (Wildman–Crippen LogP) is 1.73. The Labute approximate surface area is 75.3 Å². The average Bonchev–Trinajstić information content (AvgIpc) is 2.05. The van der Waals surface area contributed by atoms with E-state index in [0.717, 1.165) is 4.42 Å². The molecule has 1 rings (SSSR count). The lowest BCUT2D eigenvalue weighted by molar-refractivity contribution is -0.135. The van der Waals surface area contributed by atoms with Crippen LogP contribution in [0.25, 0.3) is 0 Å². The highest BCUT2D eigenvalue weighted by molar-refractivity contribution is 6.26. The van der Waals surface area contributed by atoms with E-state index in [2.05, 4.69) is 0 Å². The summed E-state index contributed by atoms with van der Waals surface area (Å²) in [5, 5.41) is 8.42. The molecule has 3 nitrogen and oxygen atoms in total. The van der Waals surface area contributed by atoms with E-state index in [-0.39, 0.29) is 6.54 Å². The average molecular weight is 186 g/mol. The van der Waals surface area contributed by atoms with Gasteiger partial charge in [0.1, 0.15) is 6.54 Å². The summed E-state index contributed by atoms with van der Waals surface area (Å²) >= 11 is 5.65. The molecule has 12 heavy (non-hydrogen) atoms. The Bertz CT molecular complexity index is 263. The number of benzene rings is 1. The number of rotatable bonds is 3. The van der Waals surface area contributed by atoms with Crippen LogP contribution in [0, 0.1) is 0 Å². The van der Waals surface area contributed by atoms with Gasteiger partial charge in [0.25, 0.3) is 0 Å². The molecule has 0 heterocycles. The Balaban J connectivity index is 2.65. The number of carboxylic acids is 1. The fourth-order valence-electron chi connectivity index (χ4n) is 0.800. The lowest BCUT2D eigenvalue weighted by Gasteiger charge is -2.11. The van der Waals surface area contributed by atoms with E-state index in [9.17, 15) is 4.79 Å². The van der Waals surface area contributed by atoms with Crippen molar-refractivity contribution >= 4 is 23.4 Å². The number of para-hydroxylation sites is 1. The predicted molar refractivity (Wildman–Crippen MR) is 47.3 cm³/mol. The van der Waals surface area contributed by atoms with Crippen molar-refractivity contribution in [2.75, 3.05) is 11.0 Å². The standard InChI is InChI=1S/C8H8ClNO2/c9-10(6-8(11)12)7-4-2-1-3-5-7/h1-5H,6H2,(H,11,12). The molecule has 0 aliphatic rings. The van der Waals surface area contributed by atoms with Crippen LogP contribution in [-0.4, -0.2) is 17.6 Å². The van der Waals surface area contributed by atoms with Gasteiger partial charge in [-0.2, -0.15) is 0 Å². The van der Waals surface area contributed by atoms with Crippen molar-refractivity contribution in [3.05, 3.63) is 30.3 Å². The number of nitrogens with zero attached hydrogens (tertiary/aromatic N) is 1. The second-order valence-electron chi connectivity index (χ2n) is 2.25. The molecular formula is C8H8ClNO2. The number of carbonyl (C=O) groups is 1. The third-order valence-electron chi connectivity index (χ3n) is 1.31. The number of hydrogen-bond donors (Lipinski definition) is 1. The van der Waals surface area contributed by atoms with E-state index >= 15 is 0 Å². The van der Waals surface area contributed by atoms with Gasteiger partial charge in [0.15, 0.2) is 0 Å². The Morgan fingerprint density at radius 3 is 2.50 bits per heavy atom. The molecule has 0 unspecified atom stereocenters. The van der Waals surface area contributed by atoms with Crippen LogP contribution in [0.2, 0.25) is 0 Å². The highest BCUT2D eigenvalue weighted by atomic mass is 35.5. The van der Waals surface area contributed by atoms with Gasteiger partial charge in [-0.25, -0.2) is 0 Å². The highest BCUT2D eigenvalue weighted by Gasteiger charge is 2.05. The van der Waals surface area contributed by atoms with Gasteiger partial charge in [0.05, 0.1) is 5.69 Å². The number of halogens is 1. The molecule has 1 aromatic rings. The van der Waals surface area contributed by atoms with E-state index < -0.39 is 5.97 Å². The second kappa shape index (κ2) is 3.97. The lowest BCUT2D eigenvalue weighted by Crippen LogP contribution is -2.19. The van der Waals surface area contributed by atoms with E-state index in [1.165, 1.54) is 0 Å². The minimum absolute atomic E-state index is 0.203. The molecule has 0 aromatic heterocycles. The summed E-state index contributed by atoms with van der Waals surface area (Å²) in [7, 11) is 0. The first-order chi connectivity index (χ1) is 5.70. The third-order valence-corrected chi connectivity index (χ3v) is 1.63. The molecule has 0 fully saturated rings. The molecule has 4 heteroatoms. The Morgan fingerprint density at radius 2 is 2.00 bits per heavy atom. The molecule has 0 spiro atoms. The monoisotopic (exact) mass is 185 g/mol. The molecule has 1 aromatic carbocycles. The summed E-state index contributed by atoms with van der Waals surface area (Å²) < 4.78 is 1.16. The van der Waals surface area contributed by atoms with Crippen LogP contribution in [0.15, 0.2) is 30.3 Å². The van der Waals surface area contributed by atoms with Crippen LogP contribution in [0.3, 0.4) is 0 Å². The maximum Gasteiger partial charge on any atom is 0.324 e. The largest absolute Gasteiger partial charge is 0.480 e. The molecular weight excluding hydrogens is 178 g/mol. The van der Waals surface area contributed by atoms with Gasteiger partial charge in [-0.15, -0.1) is 0 Å². The van der Waals surface area contributed by atoms with E-state index in [1.54, 1.807) is 24.3 Å². The summed E-state index contributed by atoms with van der Waals surface area (Å²) in [6, 6.07) is 8.93. The van der Waals surface area contributed by atoms with Crippen LogP contribution >= 0.6 is 11.8 Å². The zero-order valence-electron chi connectivity index (χ0n) is 6.27. The van der Waals surface area contributed by atoms with Gasteiger partial charge < -0.3 is 5.11 Å². The second-order valence-corrected chi connectivity index (χ2v) is 2.66. The summed E-state index contributed by atoms with van der Waals surface area (Å²) in [5.74, 6) is -0.950. The molecule has 0 saturated heterocycles. The maximum atomic E-state index is 10.3. The zero-order valence-corrected chi connectivity index (χ0v) is 7.03. The van der Waals surface area contributed by atoms with Crippen LogP contribution in [0.4, 0.5) is 5.69 Å². The smallest absolute Gasteiger partial charge is 0.324 e. The van der Waals surface area contributed by atoms with Gasteiger partial charge in [-0.3, -0.25) is 9.21 Å². The van der Waals surface area contributed by atoms with Crippen molar-refractivity contribution < 1.29 is 9.90 Å².